The molecule has 2 nitrogen and oxygen atoms in total. The van der Waals surface area contributed by atoms with Gasteiger partial charge in [0, 0.05) is 0 Å². The average molecular weight is 236 g/mol. The van der Waals surface area contributed by atoms with Gasteiger partial charge in [-0.3, -0.25) is 0 Å². The molecule has 0 fully saturated rings. The first-order valence-corrected chi connectivity index (χ1v) is 6.18. The molecule has 1 aromatic rings. The van der Waals surface area contributed by atoms with Crippen molar-refractivity contribution in [2.45, 2.75) is 46.3 Å². The van der Waals surface area contributed by atoms with Gasteiger partial charge in [0.05, 0.1) is 18.8 Å². The molecule has 2 heteroatoms. The van der Waals surface area contributed by atoms with E-state index in [-0.39, 0.29) is 11.7 Å². The molecule has 0 aromatic heterocycles. The summed E-state index contributed by atoms with van der Waals surface area (Å²) in [6.07, 6.45) is 0.0718. The van der Waals surface area contributed by atoms with Gasteiger partial charge in [0.1, 0.15) is 5.75 Å². The highest BCUT2D eigenvalue weighted by molar-refractivity contribution is 5.29. The van der Waals surface area contributed by atoms with Crippen LogP contribution in [0.5, 0.6) is 5.75 Å². The van der Waals surface area contributed by atoms with Crippen LogP contribution in [0.25, 0.3) is 0 Å². The zero-order valence-corrected chi connectivity index (χ0v) is 11.8. The van der Waals surface area contributed by atoms with E-state index in [1.807, 2.05) is 18.2 Å². The van der Waals surface area contributed by atoms with Gasteiger partial charge in [-0.05, 0) is 44.4 Å². The van der Waals surface area contributed by atoms with Gasteiger partial charge in [0.2, 0.25) is 0 Å². The Bertz CT molecular complexity index is 356. The third kappa shape index (κ3) is 3.74. The summed E-state index contributed by atoms with van der Waals surface area (Å²) in [5, 5.41) is 0. The highest BCUT2D eigenvalue weighted by Gasteiger charge is 2.26. The summed E-state index contributed by atoms with van der Waals surface area (Å²) in [4.78, 5) is 0. The van der Waals surface area contributed by atoms with Gasteiger partial charge in [-0.25, -0.2) is 0 Å². The largest absolute Gasteiger partial charge is 0.497 e. The molecule has 0 heterocycles. The Hall–Kier alpha value is -1.02. The van der Waals surface area contributed by atoms with Crippen molar-refractivity contribution in [3.63, 3.8) is 0 Å². The molecule has 1 aromatic carbocycles. The van der Waals surface area contributed by atoms with Crippen molar-refractivity contribution in [3.8, 4) is 5.75 Å². The highest BCUT2D eigenvalue weighted by atomic mass is 16.5. The van der Waals surface area contributed by atoms with Gasteiger partial charge in [0.25, 0.3) is 0 Å². The molecule has 1 rings (SSSR count). The molecule has 0 aliphatic rings. The lowest BCUT2D eigenvalue weighted by molar-refractivity contribution is -0.0927. The van der Waals surface area contributed by atoms with Crippen molar-refractivity contribution < 1.29 is 9.47 Å². The molecule has 0 aliphatic carbocycles. The SMILES string of the molecule is COc1cccc(C(C)OC(C)(C)C(C)C)c1. The van der Waals surface area contributed by atoms with E-state index in [1.165, 1.54) is 0 Å². The van der Waals surface area contributed by atoms with Crippen LogP contribution in [-0.2, 0) is 4.74 Å². The lowest BCUT2D eigenvalue weighted by Crippen LogP contribution is -2.32. The van der Waals surface area contributed by atoms with Gasteiger partial charge >= 0.3 is 0 Å². The van der Waals surface area contributed by atoms with E-state index in [9.17, 15) is 0 Å². The number of hydrogen-bond acceptors (Lipinski definition) is 2. The summed E-state index contributed by atoms with van der Waals surface area (Å²) >= 11 is 0. The third-order valence-corrected chi connectivity index (χ3v) is 3.43. The molecule has 0 N–H and O–H groups in total. The minimum absolute atomic E-state index is 0.0718. The Balaban J connectivity index is 2.79. The number of rotatable bonds is 5. The van der Waals surface area contributed by atoms with Crippen LogP contribution in [-0.4, -0.2) is 12.7 Å². The quantitative estimate of drug-likeness (QED) is 0.762. The Morgan fingerprint density at radius 1 is 1.12 bits per heavy atom. The fraction of sp³-hybridized carbons (Fsp3) is 0.600. The molecule has 0 radical (unpaired) electrons. The normalized spacial score (nSPS) is 13.8. The van der Waals surface area contributed by atoms with E-state index in [4.69, 9.17) is 9.47 Å². The number of methoxy groups -OCH3 is 1. The maximum Gasteiger partial charge on any atom is 0.119 e. The van der Waals surface area contributed by atoms with Crippen LogP contribution in [0, 0.1) is 5.92 Å². The number of ether oxygens (including phenoxy) is 2. The van der Waals surface area contributed by atoms with Crippen LogP contribution in [0.1, 0.15) is 46.3 Å². The van der Waals surface area contributed by atoms with Crippen LogP contribution in [0.3, 0.4) is 0 Å². The minimum Gasteiger partial charge on any atom is -0.497 e. The van der Waals surface area contributed by atoms with E-state index in [0.29, 0.717) is 5.92 Å². The molecule has 96 valence electrons. The van der Waals surface area contributed by atoms with E-state index in [2.05, 4.69) is 40.7 Å². The van der Waals surface area contributed by atoms with E-state index in [1.54, 1.807) is 7.11 Å². The second-order valence-corrected chi connectivity index (χ2v) is 5.29. The average Bonchev–Trinajstić information content (AvgIpc) is 2.28. The van der Waals surface area contributed by atoms with Crippen molar-refractivity contribution in [1.29, 1.82) is 0 Å². The molecule has 0 saturated carbocycles. The zero-order chi connectivity index (χ0) is 13.1. The molecule has 1 unspecified atom stereocenters. The zero-order valence-electron chi connectivity index (χ0n) is 11.8. The second kappa shape index (κ2) is 5.54. The number of benzene rings is 1. The first-order chi connectivity index (χ1) is 7.86. The van der Waals surface area contributed by atoms with Crippen LogP contribution < -0.4 is 4.74 Å². The summed E-state index contributed by atoms with van der Waals surface area (Å²) < 4.78 is 11.4. The molecular weight excluding hydrogens is 212 g/mol. The standard InChI is InChI=1S/C15H24O2/c1-11(2)15(4,5)17-12(3)13-8-7-9-14(10-13)16-6/h7-12H,1-6H3. The van der Waals surface area contributed by atoms with E-state index >= 15 is 0 Å². The summed E-state index contributed by atoms with van der Waals surface area (Å²) in [5.74, 6) is 1.36. The molecule has 17 heavy (non-hydrogen) atoms. The highest BCUT2D eigenvalue weighted by Crippen LogP contribution is 2.30. The molecule has 0 bridgehead atoms. The van der Waals surface area contributed by atoms with E-state index < -0.39 is 0 Å². The van der Waals surface area contributed by atoms with Crippen LogP contribution in [0.4, 0.5) is 0 Å². The third-order valence-electron chi connectivity index (χ3n) is 3.43. The maximum atomic E-state index is 6.13. The van der Waals surface area contributed by atoms with Gasteiger partial charge in [-0.2, -0.15) is 0 Å². The van der Waals surface area contributed by atoms with Crippen molar-refractivity contribution in [1.82, 2.24) is 0 Å². The van der Waals surface area contributed by atoms with Gasteiger partial charge < -0.3 is 9.47 Å². The van der Waals surface area contributed by atoms with Crippen LogP contribution >= 0.6 is 0 Å². The van der Waals surface area contributed by atoms with Gasteiger partial charge in [-0.1, -0.05) is 26.0 Å². The Kier molecular flexibility index (Phi) is 4.58. The monoisotopic (exact) mass is 236 g/mol. The molecule has 0 amide bonds. The fourth-order valence-corrected chi connectivity index (χ4v) is 1.55. The van der Waals surface area contributed by atoms with Crippen molar-refractivity contribution in [2.75, 3.05) is 7.11 Å². The summed E-state index contributed by atoms with van der Waals surface area (Å²) in [6, 6.07) is 8.05. The smallest absolute Gasteiger partial charge is 0.119 e. The molecular formula is C15H24O2. The van der Waals surface area contributed by atoms with Crippen molar-refractivity contribution in [2.24, 2.45) is 5.92 Å². The predicted octanol–water partition coefficient (Wildman–Crippen LogP) is 4.21. The molecule has 0 saturated heterocycles. The summed E-state index contributed by atoms with van der Waals surface area (Å²) in [6.45, 7) is 10.7. The van der Waals surface area contributed by atoms with Gasteiger partial charge in [0.15, 0.2) is 0 Å². The lowest BCUT2D eigenvalue weighted by atomic mass is 9.94. The van der Waals surface area contributed by atoms with Crippen LogP contribution in [0.15, 0.2) is 24.3 Å². The van der Waals surface area contributed by atoms with Gasteiger partial charge in [-0.15, -0.1) is 0 Å². The van der Waals surface area contributed by atoms with Crippen molar-refractivity contribution in [3.05, 3.63) is 29.8 Å². The first-order valence-electron chi connectivity index (χ1n) is 6.18. The van der Waals surface area contributed by atoms with E-state index in [0.717, 1.165) is 11.3 Å². The number of hydrogen-bond donors (Lipinski definition) is 0. The topological polar surface area (TPSA) is 18.5 Å². The Morgan fingerprint density at radius 3 is 2.29 bits per heavy atom. The van der Waals surface area contributed by atoms with Crippen molar-refractivity contribution >= 4 is 0 Å². The Labute approximate surface area is 105 Å². The minimum atomic E-state index is -0.123. The molecule has 1 atom stereocenters. The summed E-state index contributed by atoms with van der Waals surface area (Å²) in [5.41, 5.74) is 1.03. The predicted molar refractivity (Wildman–Crippen MR) is 71.4 cm³/mol. The first kappa shape index (κ1) is 14.0. The molecule has 0 spiro atoms. The lowest BCUT2D eigenvalue weighted by Gasteiger charge is -2.33. The maximum absolute atomic E-state index is 6.13. The fourth-order valence-electron chi connectivity index (χ4n) is 1.55. The second-order valence-electron chi connectivity index (χ2n) is 5.29. The van der Waals surface area contributed by atoms with Crippen LogP contribution in [0.2, 0.25) is 0 Å². The molecule has 0 aliphatic heterocycles. The summed E-state index contributed by atoms with van der Waals surface area (Å²) in [7, 11) is 1.68. The Morgan fingerprint density at radius 2 is 1.76 bits per heavy atom.